The van der Waals surface area contributed by atoms with Crippen molar-refractivity contribution < 1.29 is 22.8 Å². The lowest BCUT2D eigenvalue weighted by molar-refractivity contribution is -0.120. The Balaban J connectivity index is 1.47. The Labute approximate surface area is 163 Å². The number of amides is 2. The molecule has 0 saturated heterocycles. The number of aromatic nitrogens is 1. The Hall–Kier alpha value is -3.07. The number of thiazole rings is 1. The quantitative estimate of drug-likeness (QED) is 0.630. The maximum absolute atomic E-state index is 13.1. The number of nitrogens with one attached hydrogen (secondary N) is 2. The number of hydrogen-bond acceptors (Lipinski definition) is 5. The van der Waals surface area contributed by atoms with Crippen LogP contribution in [0.4, 0.5) is 13.9 Å². The van der Waals surface area contributed by atoms with Crippen molar-refractivity contribution in [2.75, 3.05) is 11.9 Å². The second-order valence-corrected chi connectivity index (χ2v) is 6.90. The summed E-state index contributed by atoms with van der Waals surface area (Å²) < 4.78 is 31.4. The number of halogens is 2. The lowest BCUT2D eigenvalue weighted by atomic mass is 10.1. The van der Waals surface area contributed by atoms with Crippen LogP contribution in [0.2, 0.25) is 0 Å². The maximum atomic E-state index is 13.1. The largest absolute Gasteiger partial charge is 0.469 e. The molecule has 28 heavy (non-hydrogen) atoms. The average molecular weight is 405 g/mol. The Bertz CT molecular complexity index is 980. The minimum Gasteiger partial charge on any atom is -0.469 e. The Morgan fingerprint density at radius 1 is 1.21 bits per heavy atom. The molecule has 0 aliphatic heterocycles. The van der Waals surface area contributed by atoms with Crippen LogP contribution < -0.4 is 10.6 Å². The third kappa shape index (κ3) is 5.23. The van der Waals surface area contributed by atoms with Gasteiger partial charge in [-0.25, -0.2) is 13.8 Å². The Morgan fingerprint density at radius 2 is 1.96 bits per heavy atom. The summed E-state index contributed by atoms with van der Waals surface area (Å²) in [5, 5.41) is 7.40. The number of hydrogen-bond donors (Lipinski definition) is 2. The zero-order valence-electron chi connectivity index (χ0n) is 14.9. The summed E-state index contributed by atoms with van der Waals surface area (Å²) in [5.74, 6) is -1.40. The van der Waals surface area contributed by atoms with Crippen molar-refractivity contribution in [2.24, 2.45) is 0 Å². The van der Waals surface area contributed by atoms with Crippen molar-refractivity contribution in [1.29, 1.82) is 0 Å². The first-order valence-electron chi connectivity index (χ1n) is 8.42. The average Bonchev–Trinajstić information content (AvgIpc) is 3.22. The van der Waals surface area contributed by atoms with Crippen molar-refractivity contribution >= 4 is 28.3 Å². The molecule has 146 valence electrons. The number of aryl methyl sites for hydroxylation is 1. The third-order valence-electron chi connectivity index (χ3n) is 3.88. The molecule has 0 atom stereocenters. The van der Waals surface area contributed by atoms with Crippen LogP contribution in [0, 0.1) is 18.6 Å². The Morgan fingerprint density at radius 3 is 2.64 bits per heavy atom. The lowest BCUT2D eigenvalue weighted by Gasteiger charge is -2.05. The van der Waals surface area contributed by atoms with Gasteiger partial charge in [-0.05, 0) is 37.1 Å². The van der Waals surface area contributed by atoms with Crippen LogP contribution in [0.5, 0.6) is 0 Å². The van der Waals surface area contributed by atoms with Crippen molar-refractivity contribution in [2.45, 2.75) is 19.8 Å². The van der Waals surface area contributed by atoms with Gasteiger partial charge in [0.25, 0.3) is 5.91 Å². The maximum Gasteiger partial charge on any atom is 0.260 e. The molecular weight excluding hydrogens is 388 g/mol. The van der Waals surface area contributed by atoms with Crippen molar-refractivity contribution in [3.8, 4) is 0 Å². The van der Waals surface area contributed by atoms with Gasteiger partial charge in [-0.2, -0.15) is 0 Å². The summed E-state index contributed by atoms with van der Waals surface area (Å²) in [7, 11) is 0. The second kappa shape index (κ2) is 8.75. The highest BCUT2D eigenvalue weighted by Crippen LogP contribution is 2.18. The number of benzene rings is 1. The molecule has 2 N–H and O–H groups in total. The van der Waals surface area contributed by atoms with Crippen LogP contribution in [0.25, 0.3) is 0 Å². The predicted octanol–water partition coefficient (Wildman–Crippen LogP) is 3.48. The fourth-order valence-corrected chi connectivity index (χ4v) is 3.26. The minimum atomic E-state index is -0.649. The second-order valence-electron chi connectivity index (χ2n) is 6.04. The highest BCUT2D eigenvalue weighted by Gasteiger charge is 2.14. The standard InChI is InChI=1S/C19H17F2N3O3S/c1-11-16(3-5-27-11)18(26)24-19-23-15(10-28-19)9-17(25)22-4-2-12-6-13(20)8-14(21)7-12/h3,5-8,10H,2,4,9H2,1H3,(H,22,25)(H,23,24,26). The van der Waals surface area contributed by atoms with Crippen LogP contribution in [0.3, 0.4) is 0 Å². The Kier molecular flexibility index (Phi) is 6.15. The molecule has 2 heterocycles. The van der Waals surface area contributed by atoms with Crippen LogP contribution in [-0.2, 0) is 17.6 Å². The molecule has 0 bridgehead atoms. The van der Waals surface area contributed by atoms with E-state index < -0.39 is 11.6 Å². The van der Waals surface area contributed by atoms with Gasteiger partial charge in [-0.3, -0.25) is 14.9 Å². The number of rotatable bonds is 7. The molecule has 1 aromatic carbocycles. The highest BCUT2D eigenvalue weighted by atomic mass is 32.1. The van der Waals surface area contributed by atoms with E-state index >= 15 is 0 Å². The SMILES string of the molecule is Cc1occc1C(=O)Nc1nc(CC(=O)NCCc2cc(F)cc(F)c2)cs1. The van der Waals surface area contributed by atoms with Gasteiger partial charge in [0.15, 0.2) is 5.13 Å². The molecule has 9 heteroatoms. The summed E-state index contributed by atoms with van der Waals surface area (Å²) in [6.07, 6.45) is 1.78. The van der Waals surface area contributed by atoms with E-state index in [0.29, 0.717) is 34.1 Å². The summed E-state index contributed by atoms with van der Waals surface area (Å²) in [4.78, 5) is 28.3. The molecule has 2 amide bonds. The van der Waals surface area contributed by atoms with Gasteiger partial charge in [-0.15, -0.1) is 11.3 Å². The van der Waals surface area contributed by atoms with Crippen LogP contribution in [0.1, 0.15) is 27.4 Å². The number of anilines is 1. The van der Waals surface area contributed by atoms with Gasteiger partial charge in [0.2, 0.25) is 5.91 Å². The summed E-state index contributed by atoms with van der Waals surface area (Å²) in [6, 6.07) is 4.82. The van der Waals surface area contributed by atoms with Gasteiger partial charge in [0.1, 0.15) is 17.4 Å². The molecular formula is C19H17F2N3O3S. The van der Waals surface area contributed by atoms with E-state index in [2.05, 4.69) is 15.6 Å². The molecule has 0 saturated carbocycles. The number of carbonyl (C=O) groups is 2. The van der Waals surface area contributed by atoms with Gasteiger partial charge >= 0.3 is 0 Å². The molecule has 0 spiro atoms. The topological polar surface area (TPSA) is 84.2 Å². The van der Waals surface area contributed by atoms with Crippen molar-refractivity contribution in [1.82, 2.24) is 10.3 Å². The number of carbonyl (C=O) groups excluding carboxylic acids is 2. The lowest BCUT2D eigenvalue weighted by Crippen LogP contribution is -2.27. The molecule has 0 aliphatic carbocycles. The first-order chi connectivity index (χ1) is 13.4. The van der Waals surface area contributed by atoms with E-state index in [-0.39, 0.29) is 24.8 Å². The van der Waals surface area contributed by atoms with E-state index in [9.17, 15) is 18.4 Å². The monoisotopic (exact) mass is 405 g/mol. The summed E-state index contributed by atoms with van der Waals surface area (Å²) in [5.41, 5.74) is 1.40. The van der Waals surface area contributed by atoms with E-state index in [0.717, 1.165) is 6.07 Å². The normalized spacial score (nSPS) is 10.7. The zero-order valence-corrected chi connectivity index (χ0v) is 15.7. The number of nitrogens with zero attached hydrogens (tertiary/aromatic N) is 1. The molecule has 2 aromatic heterocycles. The molecule has 0 radical (unpaired) electrons. The smallest absolute Gasteiger partial charge is 0.260 e. The third-order valence-corrected chi connectivity index (χ3v) is 4.68. The van der Waals surface area contributed by atoms with Gasteiger partial charge in [0, 0.05) is 18.0 Å². The first-order valence-corrected chi connectivity index (χ1v) is 9.30. The van der Waals surface area contributed by atoms with Crippen molar-refractivity contribution in [3.63, 3.8) is 0 Å². The highest BCUT2D eigenvalue weighted by molar-refractivity contribution is 7.14. The van der Waals surface area contributed by atoms with Crippen LogP contribution >= 0.6 is 11.3 Å². The molecule has 0 aliphatic rings. The summed E-state index contributed by atoms with van der Waals surface area (Å²) in [6.45, 7) is 1.93. The molecule has 3 rings (SSSR count). The van der Waals surface area contributed by atoms with Crippen LogP contribution in [0.15, 0.2) is 40.3 Å². The van der Waals surface area contributed by atoms with Crippen LogP contribution in [-0.4, -0.2) is 23.3 Å². The predicted molar refractivity (Wildman–Crippen MR) is 100 cm³/mol. The van der Waals surface area contributed by atoms with E-state index in [1.165, 1.54) is 29.7 Å². The van der Waals surface area contributed by atoms with E-state index in [4.69, 9.17) is 4.42 Å². The van der Waals surface area contributed by atoms with Gasteiger partial charge < -0.3 is 9.73 Å². The van der Waals surface area contributed by atoms with E-state index in [1.54, 1.807) is 18.4 Å². The molecule has 0 unspecified atom stereocenters. The van der Waals surface area contributed by atoms with E-state index in [1.807, 2.05) is 0 Å². The fraction of sp³-hybridized carbons (Fsp3) is 0.211. The first kappa shape index (κ1) is 19.7. The molecule has 0 fully saturated rings. The zero-order chi connectivity index (χ0) is 20.1. The van der Waals surface area contributed by atoms with Crippen molar-refractivity contribution in [3.05, 3.63) is 70.1 Å². The minimum absolute atomic E-state index is 0.0363. The fourth-order valence-electron chi connectivity index (χ4n) is 2.56. The van der Waals surface area contributed by atoms with Gasteiger partial charge in [-0.1, -0.05) is 0 Å². The van der Waals surface area contributed by atoms with Gasteiger partial charge in [0.05, 0.1) is 23.9 Å². The number of furan rings is 1. The molecule has 3 aromatic rings. The summed E-state index contributed by atoms with van der Waals surface area (Å²) >= 11 is 1.21. The molecule has 6 nitrogen and oxygen atoms in total.